The molecule has 0 aliphatic carbocycles. The summed E-state index contributed by atoms with van der Waals surface area (Å²) in [6.45, 7) is 4.34. The van der Waals surface area contributed by atoms with Crippen molar-refractivity contribution in [3.63, 3.8) is 0 Å². The first-order valence-electron chi connectivity index (χ1n) is 8.43. The van der Waals surface area contributed by atoms with E-state index in [1.807, 2.05) is 12.1 Å². The van der Waals surface area contributed by atoms with E-state index >= 15 is 0 Å². The van der Waals surface area contributed by atoms with Crippen LogP contribution in [0.4, 0.5) is 0 Å². The maximum absolute atomic E-state index is 12.2. The van der Waals surface area contributed by atoms with Gasteiger partial charge in [0.1, 0.15) is 0 Å². The van der Waals surface area contributed by atoms with Crippen molar-refractivity contribution in [3.8, 4) is 0 Å². The molecule has 0 spiro atoms. The maximum atomic E-state index is 12.2. The minimum Gasteiger partial charge on any atom is -0.294 e. The Morgan fingerprint density at radius 2 is 1.32 bits per heavy atom. The molecule has 1 heteroatoms. The summed E-state index contributed by atoms with van der Waals surface area (Å²) in [6.07, 6.45) is 5.83. The van der Waals surface area contributed by atoms with Gasteiger partial charge in [0.05, 0.1) is 0 Å². The van der Waals surface area contributed by atoms with E-state index in [0.717, 1.165) is 37.7 Å². The van der Waals surface area contributed by atoms with E-state index in [4.69, 9.17) is 0 Å². The number of benzene rings is 2. The molecule has 0 N–H and O–H groups in total. The molecule has 0 amide bonds. The van der Waals surface area contributed by atoms with Gasteiger partial charge in [-0.2, -0.15) is 0 Å². The minimum absolute atomic E-state index is 0.258. The monoisotopic (exact) mass is 294 g/mol. The van der Waals surface area contributed by atoms with Crippen LogP contribution in [0.1, 0.15) is 60.2 Å². The highest BCUT2D eigenvalue weighted by Crippen LogP contribution is 2.12. The lowest BCUT2D eigenvalue weighted by Gasteiger charge is -2.04. The molecule has 0 saturated heterocycles. The highest BCUT2D eigenvalue weighted by atomic mass is 16.1. The molecule has 0 radical (unpaired) electrons. The number of carbonyl (C=O) groups excluding carboxylic acids is 1. The molecular formula is C21H26O. The van der Waals surface area contributed by atoms with E-state index in [9.17, 15) is 4.79 Å². The Labute approximate surface area is 134 Å². The predicted octanol–water partition coefficient (Wildman–Crippen LogP) is 5.41. The molecule has 1 nitrogen and oxygen atoms in total. The molecule has 22 heavy (non-hydrogen) atoms. The summed E-state index contributed by atoms with van der Waals surface area (Å²) in [5.41, 5.74) is 4.85. The van der Waals surface area contributed by atoms with Crippen molar-refractivity contribution in [1.82, 2.24) is 0 Å². The second-order valence-corrected chi connectivity index (χ2v) is 5.89. The van der Waals surface area contributed by atoms with Crippen molar-refractivity contribution < 1.29 is 4.79 Å². The fraction of sp³-hybridized carbons (Fsp3) is 0.381. The second-order valence-electron chi connectivity index (χ2n) is 5.89. The predicted molar refractivity (Wildman–Crippen MR) is 93.5 cm³/mol. The Bertz CT molecular complexity index is 578. The quantitative estimate of drug-likeness (QED) is 0.595. The van der Waals surface area contributed by atoms with E-state index in [-0.39, 0.29) is 5.78 Å². The summed E-state index contributed by atoms with van der Waals surface area (Å²) < 4.78 is 0. The van der Waals surface area contributed by atoms with Gasteiger partial charge in [0.2, 0.25) is 0 Å². The number of hydrogen-bond acceptors (Lipinski definition) is 1. The van der Waals surface area contributed by atoms with Crippen molar-refractivity contribution in [1.29, 1.82) is 0 Å². The molecule has 2 aromatic carbocycles. The van der Waals surface area contributed by atoms with Crippen molar-refractivity contribution in [2.45, 2.75) is 52.4 Å². The van der Waals surface area contributed by atoms with Gasteiger partial charge in [0.15, 0.2) is 5.78 Å². The fourth-order valence-electron chi connectivity index (χ4n) is 2.69. The Morgan fingerprint density at radius 1 is 0.773 bits per heavy atom. The van der Waals surface area contributed by atoms with E-state index in [1.54, 1.807) is 0 Å². The number of Topliss-reactive ketones (excluding diaryl/α,β-unsaturated/α-hetero) is 1. The third-order valence-corrected chi connectivity index (χ3v) is 4.12. The van der Waals surface area contributed by atoms with Gasteiger partial charge in [-0.05, 0) is 42.4 Å². The molecular weight excluding hydrogens is 268 g/mol. The summed E-state index contributed by atoms with van der Waals surface area (Å²) in [5.74, 6) is 0.258. The van der Waals surface area contributed by atoms with Crippen LogP contribution in [-0.4, -0.2) is 5.78 Å². The first kappa shape index (κ1) is 16.5. The van der Waals surface area contributed by atoms with Gasteiger partial charge in [-0.3, -0.25) is 4.79 Å². The molecule has 0 aliphatic heterocycles. The van der Waals surface area contributed by atoms with E-state index in [2.05, 4.69) is 50.2 Å². The molecule has 0 bridgehead atoms. The Morgan fingerprint density at radius 3 is 1.91 bits per heavy atom. The van der Waals surface area contributed by atoms with Crippen LogP contribution in [0.2, 0.25) is 0 Å². The van der Waals surface area contributed by atoms with Crippen LogP contribution in [0.3, 0.4) is 0 Å². The maximum Gasteiger partial charge on any atom is 0.162 e. The van der Waals surface area contributed by atoms with Crippen molar-refractivity contribution in [2.75, 3.05) is 0 Å². The SMILES string of the molecule is CCCc1ccc(C(=O)CCCc2ccc(CC)cc2)cc1. The fourth-order valence-corrected chi connectivity index (χ4v) is 2.69. The van der Waals surface area contributed by atoms with Gasteiger partial charge < -0.3 is 0 Å². The Balaban J connectivity index is 1.81. The summed E-state index contributed by atoms with van der Waals surface area (Å²) in [4.78, 5) is 12.2. The molecule has 0 heterocycles. The van der Waals surface area contributed by atoms with Gasteiger partial charge >= 0.3 is 0 Å². The summed E-state index contributed by atoms with van der Waals surface area (Å²) in [5, 5.41) is 0. The van der Waals surface area contributed by atoms with Gasteiger partial charge in [0.25, 0.3) is 0 Å². The van der Waals surface area contributed by atoms with Crippen LogP contribution in [0.25, 0.3) is 0 Å². The van der Waals surface area contributed by atoms with Crippen molar-refractivity contribution in [3.05, 3.63) is 70.8 Å². The topological polar surface area (TPSA) is 17.1 Å². The molecule has 0 fully saturated rings. The smallest absolute Gasteiger partial charge is 0.162 e. The summed E-state index contributed by atoms with van der Waals surface area (Å²) >= 11 is 0. The highest BCUT2D eigenvalue weighted by Gasteiger charge is 2.06. The van der Waals surface area contributed by atoms with E-state index in [0.29, 0.717) is 6.42 Å². The molecule has 0 aromatic heterocycles. The van der Waals surface area contributed by atoms with Crippen LogP contribution in [0, 0.1) is 0 Å². The van der Waals surface area contributed by atoms with E-state index < -0.39 is 0 Å². The number of carbonyl (C=O) groups is 1. The van der Waals surface area contributed by atoms with Crippen LogP contribution in [0.15, 0.2) is 48.5 Å². The molecule has 2 rings (SSSR count). The standard InChI is InChI=1S/C21H26O/c1-3-6-18-13-15-20(16-14-18)21(22)8-5-7-19-11-9-17(4-2)10-12-19/h9-16H,3-8H2,1-2H3. The largest absolute Gasteiger partial charge is 0.294 e. The van der Waals surface area contributed by atoms with Gasteiger partial charge in [-0.25, -0.2) is 0 Å². The van der Waals surface area contributed by atoms with Crippen molar-refractivity contribution >= 4 is 5.78 Å². The van der Waals surface area contributed by atoms with Crippen LogP contribution in [-0.2, 0) is 19.3 Å². The zero-order chi connectivity index (χ0) is 15.8. The van der Waals surface area contributed by atoms with Gasteiger partial charge in [-0.15, -0.1) is 0 Å². The molecule has 2 aromatic rings. The van der Waals surface area contributed by atoms with Crippen LogP contribution < -0.4 is 0 Å². The number of aryl methyl sites for hydroxylation is 3. The molecule has 116 valence electrons. The Hall–Kier alpha value is -1.89. The summed E-state index contributed by atoms with van der Waals surface area (Å²) in [6, 6.07) is 16.9. The van der Waals surface area contributed by atoms with Crippen molar-refractivity contribution in [2.24, 2.45) is 0 Å². The average molecular weight is 294 g/mol. The number of rotatable bonds is 8. The first-order chi connectivity index (χ1) is 10.7. The second kappa shape index (κ2) is 8.53. The third kappa shape index (κ3) is 4.84. The zero-order valence-electron chi connectivity index (χ0n) is 13.8. The Kier molecular flexibility index (Phi) is 6.39. The average Bonchev–Trinajstić information content (AvgIpc) is 2.56. The minimum atomic E-state index is 0.258. The normalized spacial score (nSPS) is 10.6. The van der Waals surface area contributed by atoms with Crippen LogP contribution in [0.5, 0.6) is 0 Å². The van der Waals surface area contributed by atoms with Gasteiger partial charge in [0, 0.05) is 12.0 Å². The van der Waals surface area contributed by atoms with E-state index in [1.165, 1.54) is 16.7 Å². The lowest BCUT2D eigenvalue weighted by molar-refractivity contribution is 0.0980. The third-order valence-electron chi connectivity index (χ3n) is 4.12. The molecule has 0 aliphatic rings. The molecule has 0 saturated carbocycles. The van der Waals surface area contributed by atoms with Crippen LogP contribution >= 0.6 is 0 Å². The summed E-state index contributed by atoms with van der Waals surface area (Å²) in [7, 11) is 0. The number of ketones is 1. The first-order valence-corrected chi connectivity index (χ1v) is 8.43. The lowest BCUT2D eigenvalue weighted by Crippen LogP contribution is -2.00. The van der Waals surface area contributed by atoms with Gasteiger partial charge in [-0.1, -0.05) is 68.8 Å². The lowest BCUT2D eigenvalue weighted by atomic mass is 10.00. The zero-order valence-corrected chi connectivity index (χ0v) is 13.8. The molecule has 0 unspecified atom stereocenters. The number of hydrogen-bond donors (Lipinski definition) is 0. The molecule has 0 atom stereocenters. The highest BCUT2D eigenvalue weighted by molar-refractivity contribution is 5.96.